The Morgan fingerprint density at radius 3 is 2.79 bits per heavy atom. The Balaban J connectivity index is 1.78. The van der Waals surface area contributed by atoms with E-state index in [9.17, 15) is 10.1 Å². The van der Waals surface area contributed by atoms with Crippen LogP contribution in [0.1, 0.15) is 12.0 Å². The number of nitriles is 1. The minimum Gasteiger partial charge on any atom is -0.345 e. The van der Waals surface area contributed by atoms with Crippen molar-refractivity contribution >= 4 is 13.7 Å². The van der Waals surface area contributed by atoms with Gasteiger partial charge in [0.1, 0.15) is 6.04 Å². The molecule has 0 aliphatic carbocycles. The topological polar surface area (TPSA) is 47.3 Å². The molecule has 5 heteroatoms. The maximum Gasteiger partial charge on any atom is 0.200 e. The molecule has 1 aromatic carbocycles. The number of carbonyl (C=O) groups excluding carboxylic acids is 1. The van der Waals surface area contributed by atoms with Gasteiger partial charge in [-0.05, 0) is 12.0 Å². The lowest BCUT2D eigenvalue weighted by atomic mass is 10.0. The van der Waals surface area contributed by atoms with Crippen LogP contribution in [0.3, 0.4) is 0 Å². The van der Waals surface area contributed by atoms with Crippen LogP contribution >= 0.6 is 0 Å². The van der Waals surface area contributed by atoms with Gasteiger partial charge in [-0.3, -0.25) is 9.69 Å². The number of nitrogens with zero attached hydrogens (tertiary/aromatic N) is 3. The SMILES string of the molecule is [B]C(=O)N1CC2CC1C(C#N)N2Cc1ccccc1. The number of hydrogen-bond acceptors (Lipinski definition) is 3. The van der Waals surface area contributed by atoms with Gasteiger partial charge in [0.25, 0.3) is 0 Å². The normalized spacial score (nSPS) is 29.4. The number of likely N-dealkylation sites (tertiary alicyclic amines) is 2. The standard InChI is InChI=1S/C14H14BN3O/c15-14(19)18-9-11-6-12(18)13(7-16)17(11)8-10-4-2-1-3-5-10/h1-5,11-13H,6,8-9H2. The summed E-state index contributed by atoms with van der Waals surface area (Å²) in [7, 11) is 5.36. The molecule has 0 aromatic heterocycles. The highest BCUT2D eigenvalue weighted by Gasteiger charge is 2.50. The second-order valence-corrected chi connectivity index (χ2v) is 5.18. The molecule has 3 atom stereocenters. The molecule has 2 aliphatic heterocycles. The molecule has 2 bridgehead atoms. The summed E-state index contributed by atoms with van der Waals surface area (Å²) < 4.78 is 0. The third-order valence-electron chi connectivity index (χ3n) is 4.14. The number of fused-ring (bicyclic) bond motifs is 2. The van der Waals surface area contributed by atoms with Crippen LogP contribution < -0.4 is 0 Å². The van der Waals surface area contributed by atoms with E-state index in [0.717, 1.165) is 13.0 Å². The fraction of sp³-hybridized carbons (Fsp3) is 0.429. The van der Waals surface area contributed by atoms with Gasteiger partial charge in [0.15, 0.2) is 5.81 Å². The molecular weight excluding hydrogens is 237 g/mol. The summed E-state index contributed by atoms with van der Waals surface area (Å²) in [6, 6.07) is 12.4. The van der Waals surface area contributed by atoms with Crippen LogP contribution in [-0.4, -0.2) is 48.1 Å². The lowest BCUT2D eigenvalue weighted by Gasteiger charge is -2.37. The zero-order chi connectivity index (χ0) is 13.4. The van der Waals surface area contributed by atoms with Crippen molar-refractivity contribution in [2.45, 2.75) is 31.1 Å². The van der Waals surface area contributed by atoms with Gasteiger partial charge < -0.3 is 4.90 Å². The van der Waals surface area contributed by atoms with E-state index < -0.39 is 5.81 Å². The van der Waals surface area contributed by atoms with Crippen LogP contribution in [0.4, 0.5) is 4.79 Å². The van der Waals surface area contributed by atoms with Crippen molar-refractivity contribution in [2.24, 2.45) is 0 Å². The van der Waals surface area contributed by atoms with E-state index in [-0.39, 0.29) is 18.1 Å². The molecule has 94 valence electrons. The van der Waals surface area contributed by atoms with Crippen LogP contribution in [0, 0.1) is 11.3 Å². The van der Waals surface area contributed by atoms with E-state index in [1.54, 1.807) is 4.90 Å². The molecule has 2 heterocycles. The summed E-state index contributed by atoms with van der Waals surface area (Å²) in [5.41, 5.74) is 1.20. The van der Waals surface area contributed by atoms with Crippen molar-refractivity contribution < 1.29 is 4.79 Å². The Kier molecular flexibility index (Phi) is 3.04. The van der Waals surface area contributed by atoms with Gasteiger partial charge in [-0.2, -0.15) is 5.26 Å². The summed E-state index contributed by atoms with van der Waals surface area (Å²) >= 11 is 0. The zero-order valence-corrected chi connectivity index (χ0v) is 10.6. The number of benzene rings is 1. The highest BCUT2D eigenvalue weighted by Crippen LogP contribution is 2.36. The van der Waals surface area contributed by atoms with Gasteiger partial charge in [-0.25, -0.2) is 0 Å². The molecule has 3 unspecified atom stereocenters. The molecule has 2 radical (unpaired) electrons. The molecule has 0 N–H and O–H groups in total. The van der Waals surface area contributed by atoms with Crippen molar-refractivity contribution in [3.63, 3.8) is 0 Å². The lowest BCUT2D eigenvalue weighted by Crippen LogP contribution is -2.53. The first-order valence-electron chi connectivity index (χ1n) is 6.46. The molecule has 19 heavy (non-hydrogen) atoms. The lowest BCUT2D eigenvalue weighted by molar-refractivity contribution is 0.114. The van der Waals surface area contributed by atoms with Crippen molar-refractivity contribution in [1.82, 2.24) is 9.80 Å². The molecule has 4 nitrogen and oxygen atoms in total. The van der Waals surface area contributed by atoms with Crippen LogP contribution in [0.25, 0.3) is 0 Å². The zero-order valence-electron chi connectivity index (χ0n) is 10.6. The van der Waals surface area contributed by atoms with E-state index in [1.807, 2.05) is 18.2 Å². The van der Waals surface area contributed by atoms with Gasteiger partial charge in [0, 0.05) is 19.1 Å². The average molecular weight is 251 g/mol. The van der Waals surface area contributed by atoms with Crippen LogP contribution in [0.2, 0.25) is 0 Å². The van der Waals surface area contributed by atoms with E-state index in [2.05, 4.69) is 23.1 Å². The molecular formula is C14H14BN3O. The monoisotopic (exact) mass is 251 g/mol. The Morgan fingerprint density at radius 2 is 2.16 bits per heavy atom. The first-order chi connectivity index (χ1) is 9.20. The van der Waals surface area contributed by atoms with Gasteiger partial charge in [-0.1, -0.05) is 30.3 Å². The fourth-order valence-electron chi connectivity index (χ4n) is 3.27. The molecule has 1 aromatic rings. The maximum absolute atomic E-state index is 11.3. The van der Waals surface area contributed by atoms with Crippen LogP contribution in [0.5, 0.6) is 0 Å². The predicted molar refractivity (Wildman–Crippen MR) is 71.4 cm³/mol. The highest BCUT2D eigenvalue weighted by atomic mass is 16.2. The summed E-state index contributed by atoms with van der Waals surface area (Å²) in [6.45, 7) is 1.40. The molecule has 2 saturated heterocycles. The van der Waals surface area contributed by atoms with Crippen molar-refractivity contribution in [3.8, 4) is 6.07 Å². The molecule has 0 saturated carbocycles. The summed E-state index contributed by atoms with van der Waals surface area (Å²) in [5, 5.41) is 9.37. The first kappa shape index (κ1) is 12.2. The van der Waals surface area contributed by atoms with E-state index in [4.69, 9.17) is 7.85 Å². The summed E-state index contributed by atoms with van der Waals surface area (Å²) in [6.07, 6.45) is 0.855. The Hall–Kier alpha value is -1.80. The molecule has 1 amide bonds. The summed E-state index contributed by atoms with van der Waals surface area (Å²) in [4.78, 5) is 15.2. The molecule has 2 aliphatic rings. The average Bonchev–Trinajstić information content (AvgIpc) is 2.98. The third kappa shape index (κ3) is 2.02. The minimum atomic E-state index is -0.410. The predicted octanol–water partition coefficient (Wildman–Crippen LogP) is 1.13. The van der Waals surface area contributed by atoms with Crippen LogP contribution in [-0.2, 0) is 6.54 Å². The third-order valence-corrected chi connectivity index (χ3v) is 4.14. The van der Waals surface area contributed by atoms with Crippen molar-refractivity contribution in [3.05, 3.63) is 35.9 Å². The van der Waals surface area contributed by atoms with Gasteiger partial charge in [-0.15, -0.1) is 0 Å². The Labute approximate surface area is 114 Å². The molecule has 0 spiro atoms. The highest BCUT2D eigenvalue weighted by molar-refractivity contribution is 6.57. The molecule has 2 fully saturated rings. The molecule has 3 rings (SSSR count). The number of piperazine rings is 1. The van der Waals surface area contributed by atoms with Gasteiger partial charge in [0.2, 0.25) is 7.85 Å². The minimum absolute atomic E-state index is 0.0452. The largest absolute Gasteiger partial charge is 0.345 e. The van der Waals surface area contributed by atoms with Crippen molar-refractivity contribution in [1.29, 1.82) is 5.26 Å². The first-order valence-corrected chi connectivity index (χ1v) is 6.46. The van der Waals surface area contributed by atoms with E-state index >= 15 is 0 Å². The van der Waals surface area contributed by atoms with Crippen LogP contribution in [0.15, 0.2) is 30.3 Å². The Bertz CT molecular complexity index is 527. The van der Waals surface area contributed by atoms with E-state index in [0.29, 0.717) is 6.54 Å². The number of rotatable bonds is 2. The van der Waals surface area contributed by atoms with Gasteiger partial charge in [0.05, 0.1) is 12.1 Å². The second-order valence-electron chi connectivity index (χ2n) is 5.18. The van der Waals surface area contributed by atoms with Gasteiger partial charge >= 0.3 is 0 Å². The Morgan fingerprint density at radius 1 is 1.42 bits per heavy atom. The number of carbonyl (C=O) groups is 1. The van der Waals surface area contributed by atoms with Crippen molar-refractivity contribution in [2.75, 3.05) is 6.54 Å². The fourth-order valence-corrected chi connectivity index (χ4v) is 3.27. The smallest absolute Gasteiger partial charge is 0.200 e. The summed E-state index contributed by atoms with van der Waals surface area (Å²) in [5.74, 6) is -0.410. The van der Waals surface area contributed by atoms with E-state index in [1.165, 1.54) is 5.56 Å². The second kappa shape index (κ2) is 4.71. The quantitative estimate of drug-likeness (QED) is 0.740. The number of hydrogen-bond donors (Lipinski definition) is 0. The number of amides is 1. The maximum atomic E-state index is 11.3.